The molecular formula is C10H16N2O2. The molecule has 0 saturated heterocycles. The first kappa shape index (κ1) is 10.8. The van der Waals surface area contributed by atoms with Gasteiger partial charge in [0.15, 0.2) is 0 Å². The third kappa shape index (κ3) is 2.16. The van der Waals surface area contributed by atoms with Gasteiger partial charge in [-0.1, -0.05) is 6.07 Å². The summed E-state index contributed by atoms with van der Waals surface area (Å²) in [4.78, 5) is 0. The minimum atomic E-state index is -0.639. The van der Waals surface area contributed by atoms with Gasteiger partial charge in [0.25, 0.3) is 0 Å². The van der Waals surface area contributed by atoms with Gasteiger partial charge in [0, 0.05) is 12.1 Å². The van der Waals surface area contributed by atoms with Crippen LogP contribution >= 0.6 is 0 Å². The van der Waals surface area contributed by atoms with E-state index in [0.717, 1.165) is 5.56 Å². The second kappa shape index (κ2) is 3.86. The van der Waals surface area contributed by atoms with Crippen LogP contribution < -0.4 is 11.5 Å². The molecule has 0 spiro atoms. The molecule has 0 heterocycles. The van der Waals surface area contributed by atoms with Crippen molar-refractivity contribution in [3.05, 3.63) is 23.8 Å². The monoisotopic (exact) mass is 196 g/mol. The van der Waals surface area contributed by atoms with Crippen molar-refractivity contribution >= 4 is 5.69 Å². The lowest BCUT2D eigenvalue weighted by molar-refractivity contribution is 0.247. The Bertz CT molecular complexity index is 324. The number of aliphatic hydroxyl groups is 1. The van der Waals surface area contributed by atoms with Crippen LogP contribution in [0.4, 0.5) is 5.69 Å². The number of hydrogen-bond donors (Lipinski definition) is 4. The Kier molecular flexibility index (Phi) is 2.98. The summed E-state index contributed by atoms with van der Waals surface area (Å²) in [5.74, 6) is 0.0251. The van der Waals surface area contributed by atoms with Gasteiger partial charge in [-0.3, -0.25) is 0 Å². The van der Waals surface area contributed by atoms with E-state index >= 15 is 0 Å². The normalized spacial score (nSPS) is 15.1. The highest BCUT2D eigenvalue weighted by Crippen LogP contribution is 2.28. The fourth-order valence-electron chi connectivity index (χ4n) is 1.28. The van der Waals surface area contributed by atoms with Crippen molar-refractivity contribution in [1.29, 1.82) is 0 Å². The Hall–Kier alpha value is -1.26. The van der Waals surface area contributed by atoms with Gasteiger partial charge in [0.2, 0.25) is 0 Å². The number of hydrogen-bond acceptors (Lipinski definition) is 4. The minimum absolute atomic E-state index is 0.0120. The van der Waals surface area contributed by atoms with Crippen LogP contribution in [0.3, 0.4) is 0 Å². The number of phenolic OH excluding ortho intramolecular Hbond substituents is 1. The van der Waals surface area contributed by atoms with Crippen LogP contribution in [0.2, 0.25) is 0 Å². The van der Waals surface area contributed by atoms with E-state index in [1.807, 2.05) is 0 Å². The number of nitrogen functional groups attached to an aromatic ring is 1. The maximum absolute atomic E-state index is 9.39. The molecule has 1 aromatic carbocycles. The number of phenols is 1. The first-order valence-electron chi connectivity index (χ1n) is 4.46. The van der Waals surface area contributed by atoms with Crippen LogP contribution in [0, 0.1) is 0 Å². The van der Waals surface area contributed by atoms with Gasteiger partial charge in [0.05, 0.1) is 5.69 Å². The zero-order chi connectivity index (χ0) is 10.8. The Morgan fingerprint density at radius 2 is 2.07 bits per heavy atom. The molecule has 0 amide bonds. The fraction of sp³-hybridized carbons (Fsp3) is 0.400. The number of aliphatic hydroxyl groups excluding tert-OH is 1. The molecule has 0 saturated carbocycles. The second-order valence-corrected chi connectivity index (χ2v) is 3.66. The lowest BCUT2D eigenvalue weighted by Crippen LogP contribution is -2.33. The lowest BCUT2D eigenvalue weighted by atomic mass is 9.90. The van der Waals surface area contributed by atoms with E-state index in [4.69, 9.17) is 16.6 Å². The molecule has 6 N–H and O–H groups in total. The van der Waals surface area contributed by atoms with Crippen LogP contribution in [0.15, 0.2) is 18.2 Å². The zero-order valence-corrected chi connectivity index (χ0v) is 8.20. The summed E-state index contributed by atoms with van der Waals surface area (Å²) in [6.45, 7) is 1.81. The fourth-order valence-corrected chi connectivity index (χ4v) is 1.28. The number of aromatic hydroxyl groups is 1. The summed E-state index contributed by atoms with van der Waals surface area (Å²) in [6.07, 6.45) is 0.441. The second-order valence-electron chi connectivity index (χ2n) is 3.66. The van der Waals surface area contributed by atoms with Crippen molar-refractivity contribution < 1.29 is 10.2 Å². The molecule has 0 aliphatic heterocycles. The van der Waals surface area contributed by atoms with Crippen LogP contribution in [0.5, 0.6) is 5.75 Å². The van der Waals surface area contributed by atoms with Crippen LogP contribution in [0.25, 0.3) is 0 Å². The van der Waals surface area contributed by atoms with Gasteiger partial charge in [-0.2, -0.15) is 0 Å². The molecule has 0 fully saturated rings. The quantitative estimate of drug-likeness (QED) is 0.419. The van der Waals surface area contributed by atoms with Crippen LogP contribution in [0.1, 0.15) is 18.9 Å². The predicted octanol–water partition coefficient (Wildman–Crippen LogP) is 0.531. The maximum Gasteiger partial charge on any atom is 0.138 e. The van der Waals surface area contributed by atoms with E-state index < -0.39 is 5.54 Å². The zero-order valence-electron chi connectivity index (χ0n) is 8.20. The van der Waals surface area contributed by atoms with E-state index in [1.54, 1.807) is 19.1 Å². The van der Waals surface area contributed by atoms with Crippen molar-refractivity contribution in [1.82, 2.24) is 0 Å². The highest BCUT2D eigenvalue weighted by atomic mass is 16.3. The summed E-state index contributed by atoms with van der Waals surface area (Å²) in [7, 11) is 0. The topological polar surface area (TPSA) is 92.5 Å². The van der Waals surface area contributed by atoms with Crippen molar-refractivity contribution in [3.8, 4) is 5.75 Å². The molecule has 0 aliphatic carbocycles. The number of benzene rings is 1. The summed E-state index contributed by atoms with van der Waals surface area (Å²) in [5.41, 5.74) is 11.9. The Morgan fingerprint density at radius 3 is 2.57 bits per heavy atom. The molecule has 78 valence electrons. The molecule has 0 unspecified atom stereocenters. The molecule has 0 bridgehead atoms. The molecule has 0 aliphatic rings. The van der Waals surface area contributed by atoms with Gasteiger partial charge >= 0.3 is 0 Å². The molecular weight excluding hydrogens is 180 g/mol. The average molecular weight is 196 g/mol. The minimum Gasteiger partial charge on any atom is -0.506 e. The summed E-state index contributed by atoms with van der Waals surface area (Å²) < 4.78 is 0. The van der Waals surface area contributed by atoms with Gasteiger partial charge in [-0.25, -0.2) is 0 Å². The van der Waals surface area contributed by atoms with E-state index in [2.05, 4.69) is 0 Å². The third-order valence-electron chi connectivity index (χ3n) is 2.32. The average Bonchev–Trinajstić information content (AvgIpc) is 2.09. The Morgan fingerprint density at radius 1 is 1.43 bits per heavy atom. The third-order valence-corrected chi connectivity index (χ3v) is 2.32. The Labute approximate surface area is 83.2 Å². The number of nitrogens with two attached hydrogens (primary N) is 2. The maximum atomic E-state index is 9.39. The SMILES string of the molecule is C[C@@](N)(CCO)c1ccc(N)c(O)c1. The number of anilines is 1. The first-order valence-corrected chi connectivity index (χ1v) is 4.46. The van der Waals surface area contributed by atoms with Gasteiger partial charge in [-0.05, 0) is 31.0 Å². The lowest BCUT2D eigenvalue weighted by Gasteiger charge is -2.24. The molecule has 0 radical (unpaired) electrons. The van der Waals surface area contributed by atoms with Crippen molar-refractivity contribution in [2.75, 3.05) is 12.3 Å². The molecule has 14 heavy (non-hydrogen) atoms. The molecule has 1 aromatic rings. The standard InChI is InChI=1S/C10H16N2O2/c1-10(12,4-5-13)7-2-3-8(11)9(14)6-7/h2-3,6,13-14H,4-5,11-12H2,1H3/t10-/m1/s1. The summed E-state index contributed by atoms with van der Waals surface area (Å²) >= 11 is 0. The highest BCUT2D eigenvalue weighted by Gasteiger charge is 2.21. The van der Waals surface area contributed by atoms with Crippen LogP contribution in [-0.2, 0) is 5.54 Å². The summed E-state index contributed by atoms with van der Waals surface area (Å²) in [5, 5.41) is 18.2. The van der Waals surface area contributed by atoms with E-state index in [0.29, 0.717) is 12.1 Å². The number of rotatable bonds is 3. The van der Waals surface area contributed by atoms with E-state index in [9.17, 15) is 5.11 Å². The smallest absolute Gasteiger partial charge is 0.138 e. The molecule has 0 aromatic heterocycles. The van der Waals surface area contributed by atoms with Gasteiger partial charge < -0.3 is 21.7 Å². The summed E-state index contributed by atoms with van der Waals surface area (Å²) in [6, 6.07) is 4.89. The molecule has 4 nitrogen and oxygen atoms in total. The largest absolute Gasteiger partial charge is 0.506 e. The van der Waals surface area contributed by atoms with Crippen molar-refractivity contribution in [2.24, 2.45) is 5.73 Å². The Balaban J connectivity index is 3.01. The van der Waals surface area contributed by atoms with Gasteiger partial charge in [-0.15, -0.1) is 0 Å². The van der Waals surface area contributed by atoms with Crippen molar-refractivity contribution in [2.45, 2.75) is 18.9 Å². The van der Waals surface area contributed by atoms with Gasteiger partial charge in [0.1, 0.15) is 5.75 Å². The first-order chi connectivity index (χ1) is 6.47. The van der Waals surface area contributed by atoms with E-state index in [-0.39, 0.29) is 12.4 Å². The molecule has 1 rings (SSSR count). The van der Waals surface area contributed by atoms with Crippen molar-refractivity contribution in [3.63, 3.8) is 0 Å². The van der Waals surface area contributed by atoms with Crippen LogP contribution in [-0.4, -0.2) is 16.8 Å². The highest BCUT2D eigenvalue weighted by molar-refractivity contribution is 5.53. The predicted molar refractivity (Wildman–Crippen MR) is 55.8 cm³/mol. The molecule has 4 heteroatoms. The molecule has 1 atom stereocenters. The van der Waals surface area contributed by atoms with E-state index in [1.165, 1.54) is 6.07 Å².